The van der Waals surface area contributed by atoms with E-state index in [1.54, 1.807) is 6.07 Å². The van der Waals surface area contributed by atoms with Crippen molar-refractivity contribution in [3.05, 3.63) is 28.3 Å². The van der Waals surface area contributed by atoms with Gasteiger partial charge in [-0.2, -0.15) is 0 Å². The molecule has 0 bridgehead atoms. The maximum absolute atomic E-state index is 11.7. The molecule has 1 aliphatic rings. The molecule has 17 heavy (non-hydrogen) atoms. The van der Waals surface area contributed by atoms with Gasteiger partial charge in [-0.25, -0.2) is 9.79 Å². The zero-order valence-electron chi connectivity index (χ0n) is 9.40. The lowest BCUT2D eigenvalue weighted by atomic mass is 10.1. The van der Waals surface area contributed by atoms with Crippen molar-refractivity contribution in [2.75, 3.05) is 0 Å². The Hall–Kier alpha value is -1.81. The van der Waals surface area contributed by atoms with Crippen molar-refractivity contribution < 1.29 is 14.2 Å². The summed E-state index contributed by atoms with van der Waals surface area (Å²) in [5.41, 5.74) is 2.28. The molecule has 0 aliphatic carbocycles. The molecule has 2 amide bonds. The molecular formula is C12H10ClN2O2+. The van der Waals surface area contributed by atoms with Crippen LogP contribution in [0.15, 0.2) is 17.1 Å². The van der Waals surface area contributed by atoms with E-state index in [1.807, 2.05) is 19.9 Å². The van der Waals surface area contributed by atoms with E-state index in [4.69, 9.17) is 11.6 Å². The number of benzene rings is 1. The molecule has 0 fully saturated rings. The maximum atomic E-state index is 11.7. The van der Waals surface area contributed by atoms with Gasteiger partial charge in [-0.1, -0.05) is 17.7 Å². The average Bonchev–Trinajstić information content (AvgIpc) is 2.30. The third-order valence-electron chi connectivity index (χ3n) is 2.62. The third-order valence-corrected chi connectivity index (χ3v) is 3.03. The van der Waals surface area contributed by atoms with E-state index in [0.717, 1.165) is 11.1 Å². The van der Waals surface area contributed by atoms with E-state index in [1.165, 1.54) is 17.0 Å². The minimum absolute atomic E-state index is 0.557. The Labute approximate surface area is 103 Å². The third kappa shape index (κ3) is 1.91. The second kappa shape index (κ2) is 4.22. The topological polar surface area (TPSA) is 49.5 Å². The van der Waals surface area contributed by atoms with Crippen molar-refractivity contribution >= 4 is 41.5 Å². The Kier molecular flexibility index (Phi) is 2.90. The van der Waals surface area contributed by atoms with Crippen LogP contribution in [0.5, 0.6) is 0 Å². The van der Waals surface area contributed by atoms with Crippen LogP contribution in [-0.2, 0) is 9.59 Å². The van der Waals surface area contributed by atoms with E-state index in [2.05, 4.69) is 4.99 Å². The smallest absolute Gasteiger partial charge is 0.255 e. The van der Waals surface area contributed by atoms with E-state index < -0.39 is 11.8 Å². The SMILES string of the molecule is Cc1ccc(Cl)c(C)c1[N+]1=CC=NC(=O)C1=O. The molecule has 4 nitrogen and oxygen atoms in total. The molecule has 5 heteroatoms. The largest absolute Gasteiger partial charge is 0.485 e. The van der Waals surface area contributed by atoms with Gasteiger partial charge < -0.3 is 0 Å². The highest BCUT2D eigenvalue weighted by molar-refractivity contribution is 6.39. The van der Waals surface area contributed by atoms with Gasteiger partial charge in [0.15, 0.2) is 6.21 Å². The van der Waals surface area contributed by atoms with Crippen LogP contribution >= 0.6 is 11.6 Å². The Morgan fingerprint density at radius 1 is 1.24 bits per heavy atom. The monoisotopic (exact) mass is 249 g/mol. The molecule has 0 radical (unpaired) electrons. The molecule has 86 valence electrons. The van der Waals surface area contributed by atoms with Crippen molar-refractivity contribution in [3.8, 4) is 0 Å². The van der Waals surface area contributed by atoms with Crippen LogP contribution in [0.2, 0.25) is 5.02 Å². The van der Waals surface area contributed by atoms with Gasteiger partial charge in [-0.15, -0.1) is 4.58 Å². The zero-order chi connectivity index (χ0) is 12.6. The summed E-state index contributed by atoms with van der Waals surface area (Å²) in [5, 5.41) is 0.557. The van der Waals surface area contributed by atoms with Crippen LogP contribution in [0.4, 0.5) is 5.69 Å². The van der Waals surface area contributed by atoms with Gasteiger partial charge in [0.25, 0.3) is 0 Å². The fourth-order valence-corrected chi connectivity index (χ4v) is 1.90. The van der Waals surface area contributed by atoms with Crippen LogP contribution in [0.3, 0.4) is 0 Å². The van der Waals surface area contributed by atoms with Crippen LogP contribution in [0.25, 0.3) is 0 Å². The number of halogens is 1. The van der Waals surface area contributed by atoms with Crippen LogP contribution < -0.4 is 0 Å². The molecule has 1 aromatic carbocycles. The van der Waals surface area contributed by atoms with Gasteiger partial charge in [0.2, 0.25) is 5.69 Å². The van der Waals surface area contributed by atoms with Crippen molar-refractivity contribution in [2.24, 2.45) is 4.99 Å². The minimum atomic E-state index is -0.772. The van der Waals surface area contributed by atoms with E-state index in [9.17, 15) is 9.59 Å². The van der Waals surface area contributed by atoms with Crippen molar-refractivity contribution in [2.45, 2.75) is 13.8 Å². The second-order valence-electron chi connectivity index (χ2n) is 3.75. The number of hydrogen-bond donors (Lipinski definition) is 0. The number of aryl methyl sites for hydroxylation is 1. The lowest BCUT2D eigenvalue weighted by Gasteiger charge is -2.07. The lowest BCUT2D eigenvalue weighted by Crippen LogP contribution is -2.29. The molecule has 1 aliphatic heterocycles. The Balaban J connectivity index is 2.66. The predicted octanol–water partition coefficient (Wildman–Crippen LogP) is 1.81. The van der Waals surface area contributed by atoms with Crippen molar-refractivity contribution in [1.29, 1.82) is 0 Å². The molecule has 0 unspecified atom stereocenters. The molecule has 0 spiro atoms. The quantitative estimate of drug-likeness (QED) is 0.563. The summed E-state index contributed by atoms with van der Waals surface area (Å²) in [5.74, 6) is -1.44. The summed E-state index contributed by atoms with van der Waals surface area (Å²) in [6.07, 6.45) is 2.78. The van der Waals surface area contributed by atoms with Crippen molar-refractivity contribution in [3.63, 3.8) is 0 Å². The maximum Gasteiger partial charge on any atom is 0.485 e. The Morgan fingerprint density at radius 2 is 1.94 bits per heavy atom. The number of carbonyl (C=O) groups excluding carboxylic acids is 2. The Bertz CT molecular complexity index is 588. The van der Waals surface area contributed by atoms with Gasteiger partial charge in [-0.05, 0) is 19.9 Å². The zero-order valence-corrected chi connectivity index (χ0v) is 10.2. The summed E-state index contributed by atoms with van der Waals surface area (Å²) in [7, 11) is 0. The molecule has 2 rings (SSSR count). The summed E-state index contributed by atoms with van der Waals surface area (Å²) < 4.78 is 1.28. The standard InChI is InChI=1S/C12H10ClN2O2/c1-7-3-4-9(13)8(2)10(7)15-6-5-14-11(16)12(15)17/h3-6H,1-2H3/q+1. The number of amides is 2. The summed E-state index contributed by atoms with van der Waals surface area (Å²) in [6.45, 7) is 3.66. The van der Waals surface area contributed by atoms with Gasteiger partial charge in [0, 0.05) is 11.1 Å². The van der Waals surface area contributed by atoms with Crippen LogP contribution in [0, 0.1) is 13.8 Å². The molecular weight excluding hydrogens is 240 g/mol. The summed E-state index contributed by atoms with van der Waals surface area (Å²) in [4.78, 5) is 26.4. The average molecular weight is 250 g/mol. The molecule has 0 aromatic heterocycles. The molecule has 0 atom stereocenters. The first kappa shape index (κ1) is 11.7. The first-order valence-corrected chi connectivity index (χ1v) is 5.41. The van der Waals surface area contributed by atoms with E-state index in [-0.39, 0.29) is 0 Å². The first-order valence-electron chi connectivity index (χ1n) is 5.03. The lowest BCUT2D eigenvalue weighted by molar-refractivity contribution is -0.357. The summed E-state index contributed by atoms with van der Waals surface area (Å²) in [6, 6.07) is 3.57. The van der Waals surface area contributed by atoms with Gasteiger partial charge in [0.1, 0.15) is 0 Å². The van der Waals surface area contributed by atoms with Gasteiger partial charge >= 0.3 is 11.8 Å². The fourth-order valence-electron chi connectivity index (χ4n) is 1.75. The number of hydrogen-bond acceptors (Lipinski definition) is 2. The highest BCUT2D eigenvalue weighted by Gasteiger charge is 2.33. The van der Waals surface area contributed by atoms with Crippen LogP contribution in [-0.4, -0.2) is 28.8 Å². The molecule has 1 aromatic rings. The van der Waals surface area contributed by atoms with E-state index >= 15 is 0 Å². The number of aliphatic imine (C=N–C) groups is 1. The highest BCUT2D eigenvalue weighted by Crippen LogP contribution is 2.29. The molecule has 1 heterocycles. The number of nitrogens with zero attached hydrogens (tertiary/aromatic N) is 2. The normalized spacial score (nSPS) is 15.1. The number of rotatable bonds is 1. The van der Waals surface area contributed by atoms with Gasteiger partial charge in [-0.3, -0.25) is 4.79 Å². The first-order chi connectivity index (χ1) is 8.02. The van der Waals surface area contributed by atoms with E-state index in [0.29, 0.717) is 10.7 Å². The number of carbonyl (C=O) groups is 2. The highest BCUT2D eigenvalue weighted by atomic mass is 35.5. The second-order valence-corrected chi connectivity index (χ2v) is 4.15. The predicted molar refractivity (Wildman–Crippen MR) is 65.4 cm³/mol. The fraction of sp³-hybridized carbons (Fsp3) is 0.167. The van der Waals surface area contributed by atoms with Crippen LogP contribution in [0.1, 0.15) is 11.1 Å². The molecule has 0 N–H and O–H groups in total. The van der Waals surface area contributed by atoms with Crippen molar-refractivity contribution in [1.82, 2.24) is 0 Å². The molecule has 0 saturated carbocycles. The summed E-state index contributed by atoms with van der Waals surface area (Å²) >= 11 is 6.02. The van der Waals surface area contributed by atoms with Gasteiger partial charge in [0.05, 0.1) is 11.2 Å². The minimum Gasteiger partial charge on any atom is -0.255 e. The molecule has 0 saturated heterocycles. The Morgan fingerprint density at radius 3 is 2.65 bits per heavy atom.